The van der Waals surface area contributed by atoms with Crippen LogP contribution in [0.5, 0.6) is 0 Å². The molecule has 1 heterocycles. The van der Waals surface area contributed by atoms with Gasteiger partial charge in [-0.1, -0.05) is 0 Å². The van der Waals surface area contributed by atoms with E-state index >= 15 is 0 Å². The third-order valence-electron chi connectivity index (χ3n) is 0.622. The summed E-state index contributed by atoms with van der Waals surface area (Å²) in [4.78, 5) is 11.2. The zero-order chi connectivity index (χ0) is 5.82. The molecule has 0 spiro atoms. The number of nitrogens with zero attached hydrogens (tertiary/aromatic N) is 1. The van der Waals surface area contributed by atoms with Crippen molar-refractivity contribution >= 4 is 26.6 Å². The molecule has 2 unspecified atom stereocenters. The van der Waals surface area contributed by atoms with E-state index in [1.807, 2.05) is 4.60 Å². The normalized spacial score (nSPS) is 32.6. The van der Waals surface area contributed by atoms with Crippen LogP contribution < -0.4 is 9.72 Å². The maximum absolute atomic E-state index is 4.93. The molecule has 0 amide bonds. The van der Waals surface area contributed by atoms with Crippen LogP contribution in [0.2, 0.25) is 0 Å². The first-order chi connectivity index (χ1) is 3.93. The van der Waals surface area contributed by atoms with Crippen molar-refractivity contribution in [2.45, 2.75) is 0 Å². The van der Waals surface area contributed by atoms with Crippen molar-refractivity contribution in [1.29, 1.82) is 0 Å². The van der Waals surface area contributed by atoms with Gasteiger partial charge in [-0.2, -0.15) is 0 Å². The van der Waals surface area contributed by atoms with Crippen LogP contribution in [0.4, 0.5) is 0 Å². The van der Waals surface area contributed by atoms with Gasteiger partial charge >= 0.3 is 0 Å². The average Bonchev–Trinajstić information content (AvgIpc) is 1.90. The van der Waals surface area contributed by atoms with Gasteiger partial charge in [-0.25, -0.2) is 0 Å². The smallest absolute Gasteiger partial charge is 0.0593 e. The molecule has 0 aromatic carbocycles. The van der Waals surface area contributed by atoms with Gasteiger partial charge in [-0.05, 0) is 0 Å². The molecule has 0 aliphatic carbocycles. The summed E-state index contributed by atoms with van der Waals surface area (Å²) in [6.45, 7) is 0. The minimum absolute atomic E-state index is 0.616. The maximum atomic E-state index is 4.93. The molecule has 1 rings (SSSR count). The van der Waals surface area contributed by atoms with Gasteiger partial charge in [0.25, 0.3) is 0 Å². The van der Waals surface area contributed by atoms with Gasteiger partial charge < -0.3 is 0 Å². The highest BCUT2D eigenvalue weighted by atomic mass is 31.2. The molecular formula is CH8N3OP3. The second kappa shape index (κ2) is 4.03. The van der Waals surface area contributed by atoms with Crippen LogP contribution in [0.15, 0.2) is 0 Å². The molecule has 0 radical (unpaired) electrons. The van der Waals surface area contributed by atoms with E-state index in [9.17, 15) is 0 Å². The van der Waals surface area contributed by atoms with Crippen LogP contribution in [-0.2, 0) is 4.84 Å². The van der Waals surface area contributed by atoms with Gasteiger partial charge in [-0.15, -0.1) is 4.60 Å². The lowest BCUT2D eigenvalue weighted by molar-refractivity contribution is 0.0419. The van der Waals surface area contributed by atoms with Crippen LogP contribution >= 0.6 is 26.6 Å². The van der Waals surface area contributed by atoms with Crippen LogP contribution in [-0.4, -0.2) is 11.7 Å². The molecule has 0 saturated carbocycles. The van der Waals surface area contributed by atoms with Gasteiger partial charge in [0.15, 0.2) is 0 Å². The van der Waals surface area contributed by atoms with Gasteiger partial charge in [0.05, 0.1) is 24.9 Å². The summed E-state index contributed by atoms with van der Waals surface area (Å²) in [6, 6.07) is 0. The van der Waals surface area contributed by atoms with Crippen LogP contribution in [0.25, 0.3) is 0 Å². The van der Waals surface area contributed by atoms with Gasteiger partial charge in [0, 0.05) is 8.88 Å². The van der Waals surface area contributed by atoms with E-state index in [1.54, 1.807) is 7.11 Å². The predicted octanol–water partition coefficient (Wildman–Crippen LogP) is 0.568. The Balaban J connectivity index is 2.13. The first-order valence-electron chi connectivity index (χ1n) is 2.04. The molecule has 48 valence electrons. The van der Waals surface area contributed by atoms with E-state index in [0.29, 0.717) is 26.6 Å². The summed E-state index contributed by atoms with van der Waals surface area (Å²) in [5, 5.41) is 0. The van der Waals surface area contributed by atoms with Gasteiger partial charge in [0.2, 0.25) is 0 Å². The number of hydrogen-bond donors (Lipinski definition) is 2. The van der Waals surface area contributed by atoms with Gasteiger partial charge in [-0.3, -0.25) is 14.6 Å². The minimum atomic E-state index is 0.616. The Hall–Kier alpha value is 1.13. The summed E-state index contributed by atoms with van der Waals surface area (Å²) < 4.78 is 1.86. The summed E-state index contributed by atoms with van der Waals surface area (Å²) in [6.07, 6.45) is 0. The zero-order valence-corrected chi connectivity index (χ0v) is 7.36. The Morgan fingerprint density at radius 3 is 2.38 bits per heavy atom. The molecule has 2 N–H and O–H groups in total. The molecule has 0 bridgehead atoms. The molecule has 1 fully saturated rings. The molecule has 2 atom stereocenters. The quantitative estimate of drug-likeness (QED) is 0.565. The highest BCUT2D eigenvalue weighted by Crippen LogP contribution is 2.36. The highest BCUT2D eigenvalue weighted by Gasteiger charge is 2.05. The van der Waals surface area contributed by atoms with E-state index in [2.05, 4.69) is 9.72 Å². The van der Waals surface area contributed by atoms with E-state index in [-0.39, 0.29) is 0 Å². The Morgan fingerprint density at radius 1 is 1.38 bits per heavy atom. The fourth-order valence-electron chi connectivity index (χ4n) is 0.308. The molecule has 1 saturated heterocycles. The lowest BCUT2D eigenvalue weighted by atomic mass is 11.7. The largest absolute Gasteiger partial charge is 0.293 e. The summed E-state index contributed by atoms with van der Waals surface area (Å²) in [5.41, 5.74) is 0. The van der Waals surface area contributed by atoms with Crippen molar-refractivity contribution in [1.82, 2.24) is 14.3 Å². The van der Waals surface area contributed by atoms with E-state index < -0.39 is 0 Å². The van der Waals surface area contributed by atoms with Crippen LogP contribution in [0, 0.1) is 0 Å². The molecule has 1 aliphatic heterocycles. The molecule has 7 heteroatoms. The minimum Gasteiger partial charge on any atom is -0.293 e. The molecule has 4 nitrogen and oxygen atoms in total. The topological polar surface area (TPSA) is 36.5 Å². The molecule has 0 aromatic rings. The van der Waals surface area contributed by atoms with E-state index in [4.69, 9.17) is 4.84 Å². The Bertz CT molecular complexity index is 65.5. The second-order valence-electron chi connectivity index (χ2n) is 1.08. The van der Waals surface area contributed by atoms with Crippen LogP contribution in [0.1, 0.15) is 0 Å². The number of hydrogen-bond acceptors (Lipinski definition) is 4. The average molecular weight is 171 g/mol. The van der Waals surface area contributed by atoms with E-state index in [0.717, 1.165) is 0 Å². The molecular weight excluding hydrogens is 163 g/mol. The Labute approximate surface area is 53.7 Å². The highest BCUT2D eigenvalue weighted by molar-refractivity contribution is 7.65. The van der Waals surface area contributed by atoms with Crippen molar-refractivity contribution in [3.05, 3.63) is 0 Å². The standard InChI is InChI=1S/CH8N3OP3/c1-5-4-7-2-6-3-8-4/h2-3,6-8H,1H3. The lowest BCUT2D eigenvalue weighted by Gasteiger charge is -2.23. The van der Waals surface area contributed by atoms with Crippen molar-refractivity contribution in [2.75, 3.05) is 7.11 Å². The van der Waals surface area contributed by atoms with Crippen LogP contribution in [0.3, 0.4) is 0 Å². The Morgan fingerprint density at radius 2 is 2.00 bits per heavy atom. The SMILES string of the molecule is CON1PNPNP1. The fourth-order valence-corrected chi connectivity index (χ4v) is 3.79. The fraction of sp³-hybridized carbons (Fsp3) is 1.00. The van der Waals surface area contributed by atoms with Crippen molar-refractivity contribution in [3.63, 3.8) is 0 Å². The first-order valence-corrected chi connectivity index (χ1v) is 4.93. The third-order valence-corrected chi connectivity index (χ3v) is 3.96. The van der Waals surface area contributed by atoms with Crippen molar-refractivity contribution in [2.24, 2.45) is 0 Å². The van der Waals surface area contributed by atoms with Gasteiger partial charge in [0.1, 0.15) is 0 Å². The summed E-state index contributed by atoms with van der Waals surface area (Å²) in [7, 11) is 3.60. The predicted molar refractivity (Wildman–Crippen MR) is 40.1 cm³/mol. The number of nitrogens with one attached hydrogen (secondary N) is 2. The zero-order valence-electron chi connectivity index (χ0n) is 4.36. The molecule has 8 heavy (non-hydrogen) atoms. The third kappa shape index (κ3) is 2.16. The van der Waals surface area contributed by atoms with E-state index in [1.165, 1.54) is 0 Å². The Kier molecular flexibility index (Phi) is 3.64. The number of rotatable bonds is 1. The lowest BCUT2D eigenvalue weighted by Crippen LogP contribution is -2.14. The summed E-state index contributed by atoms with van der Waals surface area (Å²) in [5.74, 6) is 0. The molecule has 1 aliphatic rings. The van der Waals surface area contributed by atoms with Crippen molar-refractivity contribution < 1.29 is 4.84 Å². The van der Waals surface area contributed by atoms with Crippen molar-refractivity contribution in [3.8, 4) is 0 Å². The second-order valence-corrected chi connectivity index (χ2v) is 5.03. The monoisotopic (exact) mass is 171 g/mol. The molecule has 0 aromatic heterocycles. The summed E-state index contributed by atoms with van der Waals surface area (Å²) >= 11 is 0. The maximum Gasteiger partial charge on any atom is 0.0593 e. The first kappa shape index (κ1) is 7.24.